The van der Waals surface area contributed by atoms with E-state index >= 15 is 0 Å². The number of amides is 2. The molecule has 1 N–H and O–H groups in total. The molecule has 2 amide bonds. The molecule has 0 aliphatic carbocycles. The normalized spacial score (nSPS) is 12.0. The number of carbonyl (C=O) groups is 2. The second-order valence-electron chi connectivity index (χ2n) is 9.15. The van der Waals surface area contributed by atoms with Gasteiger partial charge in [0.15, 0.2) is 0 Å². The van der Waals surface area contributed by atoms with Gasteiger partial charge in [0.2, 0.25) is 11.8 Å². The largest absolute Gasteiger partial charge is 0.354 e. The van der Waals surface area contributed by atoms with Gasteiger partial charge < -0.3 is 10.2 Å². The van der Waals surface area contributed by atoms with Gasteiger partial charge in [0.25, 0.3) is 10.0 Å². The molecule has 0 saturated heterocycles. The summed E-state index contributed by atoms with van der Waals surface area (Å²) in [5, 5.41) is 2.56. The third-order valence-corrected chi connectivity index (χ3v) is 8.29. The summed E-state index contributed by atoms with van der Waals surface area (Å²) < 4.78 is 42.3. The van der Waals surface area contributed by atoms with E-state index in [1.807, 2.05) is 38.1 Å². The molecule has 0 fully saturated rings. The molecule has 0 aromatic heterocycles. The molecule has 0 unspecified atom stereocenters. The summed E-state index contributed by atoms with van der Waals surface area (Å²) in [5.41, 5.74) is 1.85. The van der Waals surface area contributed by atoms with E-state index < -0.39 is 34.3 Å². The van der Waals surface area contributed by atoms with Crippen LogP contribution in [0.2, 0.25) is 5.02 Å². The van der Waals surface area contributed by atoms with E-state index in [0.29, 0.717) is 13.0 Å². The van der Waals surface area contributed by atoms with Crippen LogP contribution >= 0.6 is 11.6 Å². The van der Waals surface area contributed by atoms with Gasteiger partial charge >= 0.3 is 0 Å². The van der Waals surface area contributed by atoms with Crippen molar-refractivity contribution in [2.75, 3.05) is 17.4 Å². The fourth-order valence-corrected chi connectivity index (χ4v) is 5.67. The van der Waals surface area contributed by atoms with Crippen LogP contribution in [-0.4, -0.2) is 44.3 Å². The fraction of sp³-hybridized carbons (Fsp3) is 0.310. The highest BCUT2D eigenvalue weighted by atomic mass is 35.5. The summed E-state index contributed by atoms with van der Waals surface area (Å²) in [5.74, 6) is -1.63. The first-order chi connectivity index (χ1) is 18.6. The van der Waals surface area contributed by atoms with Crippen LogP contribution in [0.4, 0.5) is 10.1 Å². The number of anilines is 1. The summed E-state index contributed by atoms with van der Waals surface area (Å²) in [4.78, 5) is 28.4. The molecule has 0 radical (unpaired) electrons. The highest BCUT2D eigenvalue weighted by Crippen LogP contribution is 2.28. The molecule has 39 heavy (non-hydrogen) atoms. The van der Waals surface area contributed by atoms with E-state index in [1.54, 1.807) is 25.1 Å². The number of aryl methyl sites for hydroxylation is 1. The van der Waals surface area contributed by atoms with Gasteiger partial charge in [-0.15, -0.1) is 0 Å². The molecule has 0 saturated carbocycles. The minimum Gasteiger partial charge on any atom is -0.354 e. The Morgan fingerprint density at radius 3 is 2.26 bits per heavy atom. The Morgan fingerprint density at radius 1 is 1.00 bits per heavy atom. The molecule has 0 aliphatic rings. The van der Waals surface area contributed by atoms with Gasteiger partial charge in [0, 0.05) is 13.1 Å². The van der Waals surface area contributed by atoms with Crippen LogP contribution in [0, 0.1) is 12.7 Å². The van der Waals surface area contributed by atoms with Crippen LogP contribution in [0.25, 0.3) is 0 Å². The lowest BCUT2D eigenvalue weighted by Gasteiger charge is -2.33. The number of carbonyl (C=O) groups excluding carboxylic acids is 2. The number of hydrogen-bond acceptors (Lipinski definition) is 4. The first kappa shape index (κ1) is 30.1. The van der Waals surface area contributed by atoms with Crippen molar-refractivity contribution in [3.8, 4) is 0 Å². The third kappa shape index (κ3) is 7.58. The van der Waals surface area contributed by atoms with E-state index in [2.05, 4.69) is 5.32 Å². The Labute approximate surface area is 234 Å². The molecule has 0 heterocycles. The molecular formula is C29H33ClFN3O4S. The minimum atomic E-state index is -4.25. The number of rotatable bonds is 12. The van der Waals surface area contributed by atoms with Gasteiger partial charge in [0.05, 0.1) is 15.6 Å². The van der Waals surface area contributed by atoms with Gasteiger partial charge in [-0.1, -0.05) is 73.5 Å². The molecule has 208 valence electrons. The maximum absolute atomic E-state index is 14.0. The second kappa shape index (κ2) is 13.6. The summed E-state index contributed by atoms with van der Waals surface area (Å²) in [6.45, 7) is 5.59. The Bertz CT molecular complexity index is 1390. The van der Waals surface area contributed by atoms with Crippen LogP contribution in [0.5, 0.6) is 0 Å². The highest BCUT2D eigenvalue weighted by molar-refractivity contribution is 7.92. The van der Waals surface area contributed by atoms with Crippen LogP contribution < -0.4 is 9.62 Å². The quantitative estimate of drug-likeness (QED) is 0.318. The van der Waals surface area contributed by atoms with Crippen LogP contribution in [0.15, 0.2) is 77.7 Å². The molecule has 0 spiro atoms. The predicted molar refractivity (Wildman–Crippen MR) is 151 cm³/mol. The van der Waals surface area contributed by atoms with Crippen molar-refractivity contribution < 1.29 is 22.4 Å². The lowest BCUT2D eigenvalue weighted by Crippen LogP contribution is -2.52. The molecule has 1 atom stereocenters. The highest BCUT2D eigenvalue weighted by Gasteiger charge is 2.33. The summed E-state index contributed by atoms with van der Waals surface area (Å²) in [6, 6.07) is 17.8. The van der Waals surface area contributed by atoms with Gasteiger partial charge in [0.1, 0.15) is 18.4 Å². The monoisotopic (exact) mass is 573 g/mol. The number of halogens is 2. The van der Waals surface area contributed by atoms with E-state index in [-0.39, 0.29) is 28.1 Å². The minimum absolute atomic E-state index is 0.0253. The van der Waals surface area contributed by atoms with Gasteiger partial charge in [-0.25, -0.2) is 12.8 Å². The maximum atomic E-state index is 14.0. The molecule has 0 aliphatic heterocycles. The van der Waals surface area contributed by atoms with E-state index in [0.717, 1.165) is 27.9 Å². The third-order valence-electron chi connectivity index (χ3n) is 6.21. The molecule has 3 rings (SSSR count). The summed E-state index contributed by atoms with van der Waals surface area (Å²) in [7, 11) is -4.25. The second-order valence-corrected chi connectivity index (χ2v) is 11.4. The van der Waals surface area contributed by atoms with E-state index in [9.17, 15) is 22.4 Å². The Hall–Kier alpha value is -3.43. The van der Waals surface area contributed by atoms with Crippen LogP contribution in [0.3, 0.4) is 0 Å². The number of sulfonamides is 1. The van der Waals surface area contributed by atoms with Crippen molar-refractivity contribution in [2.24, 2.45) is 0 Å². The van der Waals surface area contributed by atoms with Crippen molar-refractivity contribution in [1.29, 1.82) is 0 Å². The van der Waals surface area contributed by atoms with Crippen molar-refractivity contribution >= 4 is 39.1 Å². The zero-order valence-corrected chi connectivity index (χ0v) is 23.8. The number of benzene rings is 3. The first-order valence-corrected chi connectivity index (χ1v) is 14.6. The number of nitrogens with zero attached hydrogens (tertiary/aromatic N) is 2. The summed E-state index contributed by atoms with van der Waals surface area (Å²) >= 11 is 5.99. The first-order valence-electron chi connectivity index (χ1n) is 12.7. The Kier molecular flexibility index (Phi) is 10.5. The fourth-order valence-electron chi connectivity index (χ4n) is 4.06. The molecule has 3 aromatic carbocycles. The lowest BCUT2D eigenvalue weighted by molar-refractivity contribution is -0.140. The van der Waals surface area contributed by atoms with Gasteiger partial charge in [-0.3, -0.25) is 13.9 Å². The van der Waals surface area contributed by atoms with Gasteiger partial charge in [-0.05, 0) is 55.7 Å². The Morgan fingerprint density at radius 2 is 1.67 bits per heavy atom. The topological polar surface area (TPSA) is 86.8 Å². The zero-order chi connectivity index (χ0) is 28.6. The van der Waals surface area contributed by atoms with Crippen LogP contribution in [-0.2, 0) is 26.2 Å². The smallest absolute Gasteiger partial charge is 0.264 e. The van der Waals surface area contributed by atoms with Gasteiger partial charge in [-0.2, -0.15) is 0 Å². The van der Waals surface area contributed by atoms with Crippen LogP contribution in [0.1, 0.15) is 37.8 Å². The maximum Gasteiger partial charge on any atom is 0.264 e. The number of nitrogens with one attached hydrogen (secondary N) is 1. The molecule has 10 heteroatoms. The molecule has 3 aromatic rings. The SMILES string of the molecule is CCCNC(=O)[C@@H](CC)N(Cc1ccc(C)cc1)C(=O)CN(c1ccc(F)c(Cl)c1)S(=O)(=O)c1ccccc1. The van der Waals surface area contributed by atoms with E-state index in [1.165, 1.54) is 29.2 Å². The standard InChI is InChI=1S/C29H33ClFN3O4S/c1-4-17-32-29(36)27(5-2)33(19-22-13-11-21(3)12-14-22)28(35)20-34(23-15-16-26(31)25(30)18-23)39(37,38)24-9-7-6-8-10-24/h6-16,18,27H,4-5,17,19-20H2,1-3H3,(H,32,36)/t27-/m1/s1. The average molecular weight is 574 g/mol. The van der Waals surface area contributed by atoms with Crippen molar-refractivity contribution in [3.63, 3.8) is 0 Å². The molecule has 7 nitrogen and oxygen atoms in total. The van der Waals surface area contributed by atoms with Crippen molar-refractivity contribution in [3.05, 3.63) is 94.8 Å². The number of hydrogen-bond donors (Lipinski definition) is 1. The Balaban J connectivity index is 2.06. The average Bonchev–Trinajstić information content (AvgIpc) is 2.93. The van der Waals surface area contributed by atoms with E-state index in [4.69, 9.17) is 11.6 Å². The molecular weight excluding hydrogens is 541 g/mol. The zero-order valence-electron chi connectivity index (χ0n) is 22.2. The predicted octanol–water partition coefficient (Wildman–Crippen LogP) is 5.32. The lowest BCUT2D eigenvalue weighted by atomic mass is 10.1. The van der Waals surface area contributed by atoms with Crippen molar-refractivity contribution in [2.45, 2.75) is 51.1 Å². The summed E-state index contributed by atoms with van der Waals surface area (Å²) in [6.07, 6.45) is 1.05. The molecule has 0 bridgehead atoms. The van der Waals surface area contributed by atoms with Crippen molar-refractivity contribution in [1.82, 2.24) is 10.2 Å².